The minimum absolute atomic E-state index is 0.0105. The topological polar surface area (TPSA) is 33.2 Å². The third kappa shape index (κ3) is 3.30. The molecule has 1 aromatic rings. The molecule has 0 N–H and O–H groups in total. The Morgan fingerprint density at radius 1 is 1.56 bits per heavy atom. The molecule has 0 aromatic carbocycles. The van der Waals surface area contributed by atoms with Crippen molar-refractivity contribution in [2.75, 3.05) is 13.1 Å². The number of pyridine rings is 1. The fourth-order valence-corrected chi connectivity index (χ4v) is 1.91. The number of aromatic nitrogens is 1. The molecule has 0 bridgehead atoms. The summed E-state index contributed by atoms with van der Waals surface area (Å²) in [4.78, 5) is 18.1. The zero-order valence-corrected chi connectivity index (χ0v) is 11.5. The second-order valence-corrected chi connectivity index (χ2v) is 4.93. The quantitative estimate of drug-likeness (QED) is 0.852. The monoisotopic (exact) mass is 284 g/mol. The number of carbonyl (C=O) groups excluding carboxylic acids is 1. The lowest BCUT2D eigenvalue weighted by atomic mass is 10.2. The summed E-state index contributed by atoms with van der Waals surface area (Å²) in [6.45, 7) is 7.66. The van der Waals surface area contributed by atoms with Crippen LogP contribution in [0, 0.1) is 5.92 Å². The van der Waals surface area contributed by atoms with E-state index in [1.165, 1.54) is 0 Å². The molecule has 16 heavy (non-hydrogen) atoms. The highest BCUT2D eigenvalue weighted by atomic mass is 79.9. The number of amides is 1. The molecule has 0 saturated carbocycles. The molecule has 1 aromatic heterocycles. The molecular weight excluding hydrogens is 268 g/mol. The summed E-state index contributed by atoms with van der Waals surface area (Å²) in [5, 5.41) is 0. The van der Waals surface area contributed by atoms with E-state index in [4.69, 9.17) is 0 Å². The van der Waals surface area contributed by atoms with Gasteiger partial charge in [0.05, 0.1) is 0 Å². The van der Waals surface area contributed by atoms with Crippen molar-refractivity contribution >= 4 is 21.8 Å². The summed E-state index contributed by atoms with van der Waals surface area (Å²) < 4.78 is 0.752. The Hall–Kier alpha value is -0.900. The van der Waals surface area contributed by atoms with Crippen molar-refractivity contribution < 1.29 is 4.79 Å². The van der Waals surface area contributed by atoms with Crippen molar-refractivity contribution in [2.24, 2.45) is 5.92 Å². The molecule has 1 heterocycles. The van der Waals surface area contributed by atoms with Crippen LogP contribution in [0.5, 0.6) is 0 Å². The van der Waals surface area contributed by atoms with Gasteiger partial charge in [-0.15, -0.1) is 0 Å². The van der Waals surface area contributed by atoms with Crippen LogP contribution in [-0.4, -0.2) is 28.9 Å². The highest BCUT2D eigenvalue weighted by Crippen LogP contribution is 2.15. The van der Waals surface area contributed by atoms with Gasteiger partial charge in [-0.3, -0.25) is 4.79 Å². The predicted molar refractivity (Wildman–Crippen MR) is 68.4 cm³/mol. The molecule has 0 atom stereocenters. The van der Waals surface area contributed by atoms with E-state index in [-0.39, 0.29) is 5.91 Å². The van der Waals surface area contributed by atoms with Gasteiger partial charge >= 0.3 is 0 Å². The van der Waals surface area contributed by atoms with Gasteiger partial charge in [0.1, 0.15) is 5.69 Å². The van der Waals surface area contributed by atoms with Gasteiger partial charge in [-0.1, -0.05) is 13.8 Å². The largest absolute Gasteiger partial charge is 0.337 e. The van der Waals surface area contributed by atoms with Gasteiger partial charge in [-0.2, -0.15) is 0 Å². The lowest BCUT2D eigenvalue weighted by Crippen LogP contribution is -2.34. The molecule has 0 saturated heterocycles. The first kappa shape index (κ1) is 13.2. The van der Waals surface area contributed by atoms with Crippen molar-refractivity contribution in [1.82, 2.24) is 9.88 Å². The molecule has 1 rings (SSSR count). The Morgan fingerprint density at radius 3 is 2.75 bits per heavy atom. The molecule has 0 aliphatic rings. The van der Waals surface area contributed by atoms with Crippen molar-refractivity contribution in [1.29, 1.82) is 0 Å². The minimum atomic E-state index is -0.0105. The van der Waals surface area contributed by atoms with Crippen LogP contribution in [0.15, 0.2) is 22.8 Å². The van der Waals surface area contributed by atoms with E-state index in [2.05, 4.69) is 34.8 Å². The first-order valence-electron chi connectivity index (χ1n) is 5.46. The van der Waals surface area contributed by atoms with Gasteiger partial charge in [-0.05, 0) is 40.9 Å². The van der Waals surface area contributed by atoms with Crippen LogP contribution < -0.4 is 0 Å². The summed E-state index contributed by atoms with van der Waals surface area (Å²) in [5.41, 5.74) is 0.491. The number of hydrogen-bond acceptors (Lipinski definition) is 2. The standard InChI is InChI=1S/C12H17BrN2O/c1-4-15(8-9(2)3)12(16)11-10(13)6-5-7-14-11/h5-7,9H,4,8H2,1-3H3. The van der Waals surface area contributed by atoms with E-state index in [1.807, 2.05) is 17.9 Å². The zero-order chi connectivity index (χ0) is 12.1. The Balaban J connectivity index is 2.87. The summed E-state index contributed by atoms with van der Waals surface area (Å²) in [6.07, 6.45) is 1.64. The van der Waals surface area contributed by atoms with Gasteiger partial charge in [0.25, 0.3) is 5.91 Å². The SMILES string of the molecule is CCN(CC(C)C)C(=O)c1ncccc1Br. The predicted octanol–water partition coefficient (Wildman–Crippen LogP) is 2.96. The lowest BCUT2D eigenvalue weighted by Gasteiger charge is -2.22. The van der Waals surface area contributed by atoms with E-state index >= 15 is 0 Å². The molecule has 4 heteroatoms. The molecule has 0 radical (unpaired) electrons. The maximum absolute atomic E-state index is 12.2. The van der Waals surface area contributed by atoms with Crippen molar-refractivity contribution in [2.45, 2.75) is 20.8 Å². The molecule has 0 spiro atoms. The molecule has 0 fully saturated rings. The van der Waals surface area contributed by atoms with Gasteiger partial charge in [0.15, 0.2) is 0 Å². The fourth-order valence-electron chi connectivity index (χ4n) is 1.49. The van der Waals surface area contributed by atoms with Crippen LogP contribution in [0.3, 0.4) is 0 Å². The Morgan fingerprint density at radius 2 is 2.25 bits per heavy atom. The third-order valence-corrected chi connectivity index (χ3v) is 2.86. The smallest absolute Gasteiger partial charge is 0.273 e. The molecule has 0 unspecified atom stereocenters. The minimum Gasteiger partial charge on any atom is -0.337 e. The first-order chi connectivity index (χ1) is 7.56. The maximum atomic E-state index is 12.2. The van der Waals surface area contributed by atoms with Crippen LogP contribution in [0.1, 0.15) is 31.3 Å². The second kappa shape index (κ2) is 5.99. The van der Waals surface area contributed by atoms with E-state index in [9.17, 15) is 4.79 Å². The van der Waals surface area contributed by atoms with E-state index < -0.39 is 0 Å². The van der Waals surface area contributed by atoms with Gasteiger partial charge in [-0.25, -0.2) is 4.98 Å². The van der Waals surface area contributed by atoms with E-state index in [0.29, 0.717) is 18.2 Å². The Kier molecular flexibility index (Phi) is 4.93. The van der Waals surface area contributed by atoms with Crippen LogP contribution in [-0.2, 0) is 0 Å². The molecular formula is C12H17BrN2O. The van der Waals surface area contributed by atoms with Crippen molar-refractivity contribution in [3.8, 4) is 0 Å². The average Bonchev–Trinajstić information content (AvgIpc) is 2.25. The van der Waals surface area contributed by atoms with Crippen LogP contribution >= 0.6 is 15.9 Å². The van der Waals surface area contributed by atoms with Crippen molar-refractivity contribution in [3.63, 3.8) is 0 Å². The molecule has 0 aliphatic carbocycles. The molecule has 1 amide bonds. The number of nitrogens with zero attached hydrogens (tertiary/aromatic N) is 2. The highest BCUT2D eigenvalue weighted by molar-refractivity contribution is 9.10. The van der Waals surface area contributed by atoms with Gasteiger partial charge in [0.2, 0.25) is 0 Å². The van der Waals surface area contributed by atoms with Crippen molar-refractivity contribution in [3.05, 3.63) is 28.5 Å². The summed E-state index contributed by atoms with van der Waals surface area (Å²) in [5.74, 6) is 0.454. The number of carbonyl (C=O) groups is 1. The van der Waals surface area contributed by atoms with E-state index in [1.54, 1.807) is 12.3 Å². The number of rotatable bonds is 4. The summed E-state index contributed by atoms with van der Waals surface area (Å²) in [6, 6.07) is 3.64. The molecule has 88 valence electrons. The highest BCUT2D eigenvalue weighted by Gasteiger charge is 2.18. The first-order valence-corrected chi connectivity index (χ1v) is 6.25. The molecule has 3 nitrogen and oxygen atoms in total. The lowest BCUT2D eigenvalue weighted by molar-refractivity contribution is 0.0739. The van der Waals surface area contributed by atoms with Crippen LogP contribution in [0.25, 0.3) is 0 Å². The summed E-state index contributed by atoms with van der Waals surface area (Å²) in [7, 11) is 0. The van der Waals surface area contributed by atoms with Gasteiger partial charge in [0, 0.05) is 23.8 Å². The Bertz CT molecular complexity index is 366. The average molecular weight is 285 g/mol. The summed E-state index contributed by atoms with van der Waals surface area (Å²) >= 11 is 3.35. The number of halogens is 1. The van der Waals surface area contributed by atoms with Gasteiger partial charge < -0.3 is 4.90 Å². The maximum Gasteiger partial charge on any atom is 0.273 e. The number of hydrogen-bond donors (Lipinski definition) is 0. The normalized spacial score (nSPS) is 10.6. The zero-order valence-electron chi connectivity index (χ0n) is 9.90. The Labute approximate surface area is 105 Å². The van der Waals surface area contributed by atoms with E-state index in [0.717, 1.165) is 11.0 Å². The van der Waals surface area contributed by atoms with Crippen LogP contribution in [0.2, 0.25) is 0 Å². The van der Waals surface area contributed by atoms with Crippen LogP contribution in [0.4, 0.5) is 0 Å². The fraction of sp³-hybridized carbons (Fsp3) is 0.500. The molecule has 0 aliphatic heterocycles. The third-order valence-electron chi connectivity index (χ3n) is 2.22. The second-order valence-electron chi connectivity index (χ2n) is 4.07.